The molecule has 7 heteroatoms. The lowest BCUT2D eigenvalue weighted by Crippen LogP contribution is -2.39. The lowest BCUT2D eigenvalue weighted by atomic mass is 9.93. The number of benzene rings is 1. The number of halogens is 2. The molecule has 2 aliphatic rings. The largest absolute Gasteiger partial charge is 0.365 e. The summed E-state index contributed by atoms with van der Waals surface area (Å²) in [6, 6.07) is 5.74. The van der Waals surface area contributed by atoms with Crippen LogP contribution in [0.3, 0.4) is 0 Å². The van der Waals surface area contributed by atoms with E-state index in [1.807, 2.05) is 0 Å². The van der Waals surface area contributed by atoms with Gasteiger partial charge in [0.05, 0.1) is 6.04 Å². The first-order valence-corrected chi connectivity index (χ1v) is 8.67. The molecule has 4 rings (SSSR count). The van der Waals surface area contributed by atoms with Crippen molar-refractivity contribution in [2.75, 3.05) is 18.0 Å². The van der Waals surface area contributed by atoms with Gasteiger partial charge in [0.25, 0.3) is 5.91 Å². The SMILES string of the molecule is O=C(NC1CCN(c2c(F)cccc2F)C1)c1ccnn1C1CCC1. The summed E-state index contributed by atoms with van der Waals surface area (Å²) in [5.41, 5.74) is 0.541. The highest BCUT2D eigenvalue weighted by Gasteiger charge is 2.30. The van der Waals surface area contributed by atoms with E-state index in [9.17, 15) is 13.6 Å². The number of hydrogen-bond acceptors (Lipinski definition) is 3. The summed E-state index contributed by atoms with van der Waals surface area (Å²) in [4.78, 5) is 14.2. The zero-order chi connectivity index (χ0) is 17.4. The number of nitrogens with zero attached hydrogens (tertiary/aromatic N) is 3. The van der Waals surface area contributed by atoms with Crippen molar-refractivity contribution in [2.24, 2.45) is 0 Å². The number of carbonyl (C=O) groups is 1. The molecule has 1 saturated heterocycles. The first-order valence-electron chi connectivity index (χ1n) is 8.67. The van der Waals surface area contributed by atoms with E-state index in [-0.39, 0.29) is 17.6 Å². The third kappa shape index (κ3) is 2.99. The fourth-order valence-electron chi connectivity index (χ4n) is 3.55. The Balaban J connectivity index is 1.43. The third-order valence-electron chi connectivity index (χ3n) is 5.10. The van der Waals surface area contributed by atoms with Gasteiger partial charge in [-0.25, -0.2) is 8.78 Å². The molecule has 1 amide bonds. The molecular weight excluding hydrogens is 326 g/mol. The topological polar surface area (TPSA) is 50.2 Å². The third-order valence-corrected chi connectivity index (χ3v) is 5.10. The maximum atomic E-state index is 13.9. The minimum atomic E-state index is -0.574. The van der Waals surface area contributed by atoms with Crippen LogP contribution in [0.2, 0.25) is 0 Å². The molecule has 0 radical (unpaired) electrons. The van der Waals surface area contributed by atoms with Gasteiger partial charge in [-0.15, -0.1) is 0 Å². The monoisotopic (exact) mass is 346 g/mol. The molecule has 25 heavy (non-hydrogen) atoms. The Hall–Kier alpha value is -2.44. The average Bonchev–Trinajstić information content (AvgIpc) is 3.15. The van der Waals surface area contributed by atoms with Gasteiger partial charge in [-0.3, -0.25) is 9.48 Å². The Morgan fingerprint density at radius 2 is 1.92 bits per heavy atom. The summed E-state index contributed by atoms with van der Waals surface area (Å²) in [7, 11) is 0. The lowest BCUT2D eigenvalue weighted by molar-refractivity contribution is 0.0922. The van der Waals surface area contributed by atoms with Gasteiger partial charge < -0.3 is 10.2 Å². The molecule has 2 fully saturated rings. The van der Waals surface area contributed by atoms with Crippen LogP contribution in [-0.4, -0.2) is 34.8 Å². The molecule has 1 unspecified atom stereocenters. The second kappa shape index (κ2) is 6.46. The summed E-state index contributed by atoms with van der Waals surface area (Å²) in [6.07, 6.45) is 5.55. The quantitative estimate of drug-likeness (QED) is 0.926. The number of aromatic nitrogens is 2. The molecule has 1 atom stereocenters. The van der Waals surface area contributed by atoms with Crippen molar-refractivity contribution in [1.29, 1.82) is 0 Å². The first kappa shape index (κ1) is 16.1. The van der Waals surface area contributed by atoms with E-state index in [0.29, 0.717) is 31.2 Å². The number of rotatable bonds is 4. The van der Waals surface area contributed by atoms with Crippen LogP contribution in [0.4, 0.5) is 14.5 Å². The van der Waals surface area contributed by atoms with Gasteiger partial charge in [0, 0.05) is 25.3 Å². The standard InChI is InChI=1S/C18H20F2N4O/c19-14-5-2-6-15(20)17(14)23-10-8-12(11-23)22-18(25)16-7-9-21-24(16)13-3-1-4-13/h2,5-7,9,12-13H,1,3-4,8,10-11H2,(H,22,25). The summed E-state index contributed by atoms with van der Waals surface area (Å²) in [6.45, 7) is 0.895. The van der Waals surface area contributed by atoms with Crippen molar-refractivity contribution in [3.63, 3.8) is 0 Å². The van der Waals surface area contributed by atoms with Gasteiger partial charge in [0.1, 0.15) is 23.0 Å². The highest BCUT2D eigenvalue weighted by atomic mass is 19.1. The van der Waals surface area contributed by atoms with Crippen LogP contribution in [-0.2, 0) is 0 Å². The lowest BCUT2D eigenvalue weighted by Gasteiger charge is -2.27. The number of para-hydroxylation sites is 1. The predicted octanol–water partition coefficient (Wildman–Crippen LogP) is 2.90. The number of carbonyl (C=O) groups excluding carboxylic acids is 1. The molecule has 5 nitrogen and oxygen atoms in total. The molecule has 1 aromatic heterocycles. The van der Waals surface area contributed by atoms with Crippen LogP contribution in [0.1, 0.15) is 42.2 Å². The van der Waals surface area contributed by atoms with Crippen molar-refractivity contribution in [2.45, 2.75) is 37.8 Å². The second-order valence-corrected chi connectivity index (χ2v) is 6.72. The zero-order valence-corrected chi connectivity index (χ0v) is 13.8. The number of amides is 1. The molecule has 0 bridgehead atoms. The minimum Gasteiger partial charge on any atom is -0.365 e. The van der Waals surface area contributed by atoms with Crippen molar-refractivity contribution in [3.8, 4) is 0 Å². The maximum Gasteiger partial charge on any atom is 0.269 e. The molecule has 1 aliphatic heterocycles. The molecule has 1 saturated carbocycles. The Kier molecular flexibility index (Phi) is 4.15. The zero-order valence-electron chi connectivity index (χ0n) is 13.8. The smallest absolute Gasteiger partial charge is 0.269 e. The van der Waals surface area contributed by atoms with E-state index < -0.39 is 11.6 Å². The van der Waals surface area contributed by atoms with Gasteiger partial charge >= 0.3 is 0 Å². The number of anilines is 1. The van der Waals surface area contributed by atoms with Crippen molar-refractivity contribution >= 4 is 11.6 Å². The molecule has 0 spiro atoms. The van der Waals surface area contributed by atoms with E-state index in [0.717, 1.165) is 19.3 Å². The summed E-state index contributed by atoms with van der Waals surface area (Å²) < 4.78 is 29.6. The fraction of sp³-hybridized carbons (Fsp3) is 0.444. The van der Waals surface area contributed by atoms with Crippen LogP contribution < -0.4 is 10.2 Å². The summed E-state index contributed by atoms with van der Waals surface area (Å²) in [5.74, 6) is -1.32. The summed E-state index contributed by atoms with van der Waals surface area (Å²) >= 11 is 0. The van der Waals surface area contributed by atoms with E-state index in [2.05, 4.69) is 10.4 Å². The van der Waals surface area contributed by atoms with Crippen molar-refractivity contribution in [3.05, 3.63) is 47.8 Å². The van der Waals surface area contributed by atoms with Crippen LogP contribution in [0, 0.1) is 11.6 Å². The second-order valence-electron chi connectivity index (χ2n) is 6.72. The van der Waals surface area contributed by atoms with Crippen LogP contribution in [0.5, 0.6) is 0 Å². The average molecular weight is 346 g/mol. The van der Waals surface area contributed by atoms with Gasteiger partial charge in [-0.05, 0) is 43.9 Å². The summed E-state index contributed by atoms with van der Waals surface area (Å²) in [5, 5.41) is 7.24. The van der Waals surface area contributed by atoms with Gasteiger partial charge in [0.2, 0.25) is 0 Å². The van der Waals surface area contributed by atoms with Crippen LogP contribution >= 0.6 is 0 Å². The van der Waals surface area contributed by atoms with Crippen molar-refractivity contribution in [1.82, 2.24) is 15.1 Å². The highest BCUT2D eigenvalue weighted by molar-refractivity contribution is 5.92. The molecule has 1 aromatic carbocycles. The van der Waals surface area contributed by atoms with Crippen LogP contribution in [0.15, 0.2) is 30.5 Å². The molecule has 2 aromatic rings. The number of nitrogens with one attached hydrogen (secondary N) is 1. The maximum absolute atomic E-state index is 13.9. The van der Waals surface area contributed by atoms with Crippen molar-refractivity contribution < 1.29 is 13.6 Å². The molecule has 2 heterocycles. The van der Waals surface area contributed by atoms with E-state index in [1.54, 1.807) is 21.8 Å². The van der Waals surface area contributed by atoms with Gasteiger partial charge in [-0.2, -0.15) is 5.10 Å². The van der Waals surface area contributed by atoms with E-state index in [1.165, 1.54) is 18.2 Å². The fourth-order valence-corrected chi connectivity index (χ4v) is 3.55. The number of hydrogen-bond donors (Lipinski definition) is 1. The van der Waals surface area contributed by atoms with E-state index >= 15 is 0 Å². The van der Waals surface area contributed by atoms with E-state index in [4.69, 9.17) is 0 Å². The molecule has 132 valence electrons. The molecule has 1 aliphatic carbocycles. The highest BCUT2D eigenvalue weighted by Crippen LogP contribution is 2.32. The van der Waals surface area contributed by atoms with Gasteiger partial charge in [-0.1, -0.05) is 6.07 Å². The molecular formula is C18H20F2N4O. The predicted molar refractivity (Wildman–Crippen MR) is 89.6 cm³/mol. The Labute approximate surface area is 144 Å². The molecule has 1 N–H and O–H groups in total. The Bertz CT molecular complexity index is 767. The normalized spacial score (nSPS) is 20.6. The Morgan fingerprint density at radius 3 is 2.60 bits per heavy atom. The first-order chi connectivity index (χ1) is 12.1. The van der Waals surface area contributed by atoms with Crippen LogP contribution in [0.25, 0.3) is 0 Å². The Morgan fingerprint density at radius 1 is 1.16 bits per heavy atom. The van der Waals surface area contributed by atoms with Gasteiger partial charge in [0.15, 0.2) is 0 Å². The minimum absolute atomic E-state index is 0.0150.